The van der Waals surface area contributed by atoms with Crippen molar-refractivity contribution in [2.24, 2.45) is 5.73 Å². The van der Waals surface area contributed by atoms with Crippen molar-refractivity contribution < 1.29 is 27.5 Å². The number of carbonyl (C=O) groups excluding carboxylic acids is 2. The summed E-state index contributed by atoms with van der Waals surface area (Å²) in [7, 11) is -3.57. The van der Waals surface area contributed by atoms with Crippen LogP contribution in [0.5, 0.6) is 11.5 Å². The number of primary amides is 1. The number of hydrogen-bond donors (Lipinski definition) is 2. The van der Waals surface area contributed by atoms with Crippen molar-refractivity contribution in [3.8, 4) is 11.5 Å². The lowest BCUT2D eigenvalue weighted by Gasteiger charge is -2.15. The molecule has 2 aliphatic rings. The predicted molar refractivity (Wildman–Crippen MR) is 135 cm³/mol. The third kappa shape index (κ3) is 4.57. The second kappa shape index (κ2) is 9.57. The second-order valence-corrected chi connectivity index (χ2v) is 11.7. The van der Waals surface area contributed by atoms with Crippen LogP contribution in [0.4, 0.5) is 5.00 Å². The van der Waals surface area contributed by atoms with E-state index in [1.807, 2.05) is 18.2 Å². The second-order valence-electron chi connectivity index (χ2n) is 8.67. The maximum atomic E-state index is 13.0. The Morgan fingerprint density at radius 3 is 2.44 bits per heavy atom. The minimum Gasteiger partial charge on any atom is -0.454 e. The molecular formula is C25H25N3O6S2. The molecule has 36 heavy (non-hydrogen) atoms. The first kappa shape index (κ1) is 24.3. The average Bonchev–Trinajstić information content (AvgIpc) is 3.60. The van der Waals surface area contributed by atoms with Gasteiger partial charge in [0.2, 0.25) is 16.8 Å². The molecule has 0 spiro atoms. The Bertz CT molecular complexity index is 1440. The van der Waals surface area contributed by atoms with Gasteiger partial charge < -0.3 is 20.5 Å². The van der Waals surface area contributed by atoms with Crippen LogP contribution in [0, 0.1) is 6.92 Å². The number of hydrogen-bond acceptors (Lipinski definition) is 7. The highest BCUT2D eigenvalue weighted by Gasteiger charge is 2.27. The van der Waals surface area contributed by atoms with Gasteiger partial charge in [-0.15, -0.1) is 11.3 Å². The normalized spacial score (nSPS) is 15.2. The van der Waals surface area contributed by atoms with Gasteiger partial charge in [0.1, 0.15) is 5.00 Å². The summed E-state index contributed by atoms with van der Waals surface area (Å²) >= 11 is 1.28. The first-order valence-electron chi connectivity index (χ1n) is 11.5. The third-order valence-corrected chi connectivity index (χ3v) is 9.46. The molecule has 3 N–H and O–H groups in total. The SMILES string of the molecule is Cc1c(Cc2ccc3c(c2)OCO3)sc(NC(=O)c2ccc(S(=O)(=O)N3CCCC3)cc2)c1C(N)=O. The van der Waals surface area contributed by atoms with E-state index in [0.717, 1.165) is 23.3 Å². The average molecular weight is 528 g/mol. The van der Waals surface area contributed by atoms with Gasteiger partial charge in [-0.1, -0.05) is 6.07 Å². The molecule has 5 rings (SSSR count). The van der Waals surface area contributed by atoms with Crippen LogP contribution in [0.2, 0.25) is 0 Å². The Balaban J connectivity index is 1.36. The van der Waals surface area contributed by atoms with Crippen LogP contribution < -0.4 is 20.5 Å². The van der Waals surface area contributed by atoms with Gasteiger partial charge in [-0.05, 0) is 67.3 Å². The van der Waals surface area contributed by atoms with E-state index in [9.17, 15) is 18.0 Å². The molecule has 3 heterocycles. The van der Waals surface area contributed by atoms with Crippen LogP contribution in [0.3, 0.4) is 0 Å². The van der Waals surface area contributed by atoms with Crippen LogP contribution in [-0.2, 0) is 16.4 Å². The molecule has 2 aliphatic heterocycles. The van der Waals surface area contributed by atoms with Gasteiger partial charge in [0.25, 0.3) is 11.8 Å². The zero-order valence-electron chi connectivity index (χ0n) is 19.6. The molecule has 2 aromatic carbocycles. The maximum absolute atomic E-state index is 13.0. The highest BCUT2D eigenvalue weighted by atomic mass is 32.2. The van der Waals surface area contributed by atoms with Crippen molar-refractivity contribution in [3.05, 3.63) is 69.6 Å². The van der Waals surface area contributed by atoms with E-state index >= 15 is 0 Å². The van der Waals surface area contributed by atoms with E-state index in [4.69, 9.17) is 15.2 Å². The topological polar surface area (TPSA) is 128 Å². The lowest BCUT2D eigenvalue weighted by atomic mass is 10.1. The third-order valence-electron chi connectivity index (χ3n) is 6.34. The number of anilines is 1. The lowest BCUT2D eigenvalue weighted by molar-refractivity contribution is 0.100. The Hall–Kier alpha value is -3.41. The molecule has 0 saturated carbocycles. The first-order valence-corrected chi connectivity index (χ1v) is 13.7. The van der Waals surface area contributed by atoms with Crippen molar-refractivity contribution in [1.29, 1.82) is 0 Å². The van der Waals surface area contributed by atoms with Crippen molar-refractivity contribution in [3.63, 3.8) is 0 Å². The standard InChI is InChI=1S/C25H25N3O6S2/c1-15-21(13-16-4-9-19-20(12-16)34-14-33-19)35-25(22(15)23(26)29)27-24(30)17-5-7-18(8-6-17)36(31,32)28-10-2-3-11-28/h4-9,12H,2-3,10-11,13-14H2,1H3,(H2,26,29)(H,27,30). The number of nitrogens with zero attached hydrogens (tertiary/aromatic N) is 1. The summed E-state index contributed by atoms with van der Waals surface area (Å²) < 4.78 is 37.7. The minimum absolute atomic E-state index is 0.150. The lowest BCUT2D eigenvalue weighted by Crippen LogP contribution is -2.27. The maximum Gasteiger partial charge on any atom is 0.256 e. The number of nitrogens with one attached hydrogen (secondary N) is 1. The van der Waals surface area contributed by atoms with Crippen molar-refractivity contribution in [2.75, 3.05) is 25.2 Å². The Morgan fingerprint density at radius 2 is 1.75 bits per heavy atom. The molecule has 2 amide bonds. The van der Waals surface area contributed by atoms with Gasteiger partial charge in [0, 0.05) is 30.0 Å². The molecule has 0 atom stereocenters. The molecule has 1 aromatic heterocycles. The van der Waals surface area contributed by atoms with Crippen molar-refractivity contribution >= 4 is 38.2 Å². The quantitative estimate of drug-likeness (QED) is 0.484. The monoisotopic (exact) mass is 527 g/mol. The Labute approximate surface area is 212 Å². The fourth-order valence-corrected chi connectivity index (χ4v) is 7.14. The van der Waals surface area contributed by atoms with Crippen LogP contribution in [-0.4, -0.2) is 44.4 Å². The zero-order valence-corrected chi connectivity index (χ0v) is 21.2. The fourth-order valence-electron chi connectivity index (χ4n) is 4.38. The van der Waals surface area contributed by atoms with Crippen LogP contribution >= 0.6 is 11.3 Å². The fraction of sp³-hybridized carbons (Fsp3) is 0.280. The Morgan fingerprint density at radius 1 is 1.06 bits per heavy atom. The zero-order chi connectivity index (χ0) is 25.4. The number of nitrogens with two attached hydrogens (primary N) is 1. The largest absolute Gasteiger partial charge is 0.454 e. The molecule has 1 saturated heterocycles. The molecule has 11 heteroatoms. The van der Waals surface area contributed by atoms with Gasteiger partial charge in [-0.25, -0.2) is 8.42 Å². The van der Waals surface area contributed by atoms with E-state index in [2.05, 4.69) is 5.32 Å². The summed E-state index contributed by atoms with van der Waals surface area (Å²) in [5.74, 6) is 0.258. The van der Waals surface area contributed by atoms with Crippen molar-refractivity contribution in [1.82, 2.24) is 4.31 Å². The molecule has 1 fully saturated rings. The van der Waals surface area contributed by atoms with Gasteiger partial charge in [-0.3, -0.25) is 9.59 Å². The predicted octanol–water partition coefficient (Wildman–Crippen LogP) is 3.51. The molecule has 0 bridgehead atoms. The summed E-state index contributed by atoms with van der Waals surface area (Å²) in [4.78, 5) is 26.2. The van der Waals surface area contributed by atoms with Crippen molar-refractivity contribution in [2.45, 2.75) is 31.1 Å². The van der Waals surface area contributed by atoms with Crippen LogP contribution in [0.1, 0.15) is 49.6 Å². The molecule has 9 nitrogen and oxygen atoms in total. The number of sulfonamides is 1. The van der Waals surface area contributed by atoms with E-state index in [0.29, 0.717) is 41.6 Å². The number of thiophene rings is 1. The number of carbonyl (C=O) groups is 2. The molecule has 0 unspecified atom stereocenters. The van der Waals surface area contributed by atoms with Gasteiger partial charge in [0.15, 0.2) is 11.5 Å². The number of rotatable bonds is 7. The van der Waals surface area contributed by atoms with Crippen LogP contribution in [0.15, 0.2) is 47.4 Å². The number of ether oxygens (including phenoxy) is 2. The summed E-state index contributed by atoms with van der Waals surface area (Å²) in [5.41, 5.74) is 7.85. The molecule has 3 aromatic rings. The molecule has 188 valence electrons. The molecule has 0 aliphatic carbocycles. The summed E-state index contributed by atoms with van der Waals surface area (Å²) in [5, 5.41) is 3.14. The highest BCUT2D eigenvalue weighted by molar-refractivity contribution is 7.89. The molecule has 0 radical (unpaired) electrons. The number of benzene rings is 2. The van der Waals surface area contributed by atoms with E-state index in [-0.39, 0.29) is 22.8 Å². The number of amides is 2. The van der Waals surface area contributed by atoms with Crippen LogP contribution in [0.25, 0.3) is 0 Å². The van der Waals surface area contributed by atoms with E-state index in [1.165, 1.54) is 39.9 Å². The van der Waals surface area contributed by atoms with E-state index in [1.54, 1.807) is 6.92 Å². The minimum atomic E-state index is -3.57. The van der Waals surface area contributed by atoms with E-state index < -0.39 is 21.8 Å². The summed E-state index contributed by atoms with van der Waals surface area (Å²) in [6.45, 7) is 3.00. The van der Waals surface area contributed by atoms with Gasteiger partial charge >= 0.3 is 0 Å². The Kier molecular flexibility index (Phi) is 6.45. The number of fused-ring (bicyclic) bond motifs is 1. The van der Waals surface area contributed by atoms with Gasteiger partial charge in [-0.2, -0.15) is 4.31 Å². The van der Waals surface area contributed by atoms with Gasteiger partial charge in [0.05, 0.1) is 10.5 Å². The molecular weight excluding hydrogens is 502 g/mol. The summed E-state index contributed by atoms with van der Waals surface area (Å²) in [6, 6.07) is 11.5. The highest BCUT2D eigenvalue weighted by Crippen LogP contribution is 2.37. The summed E-state index contributed by atoms with van der Waals surface area (Å²) in [6.07, 6.45) is 2.21. The smallest absolute Gasteiger partial charge is 0.256 e. The first-order chi connectivity index (χ1) is 17.2.